The number of amides is 3. The number of likely N-dealkylation sites (tertiary alicyclic amines) is 1. The molecule has 3 N–H and O–H groups in total. The maximum atomic E-state index is 14.0. The highest BCUT2D eigenvalue weighted by Crippen LogP contribution is 2.41. The Morgan fingerprint density at radius 2 is 1.72 bits per heavy atom. The molecule has 0 aromatic heterocycles. The predicted octanol–water partition coefficient (Wildman–Crippen LogP) is 3.51. The molecule has 6 atom stereocenters. The average Bonchev–Trinajstić information content (AvgIpc) is 3.26. The summed E-state index contributed by atoms with van der Waals surface area (Å²) in [5, 5.41) is 9.23. The van der Waals surface area contributed by atoms with E-state index >= 15 is 0 Å². The molecule has 2 unspecified atom stereocenters. The van der Waals surface area contributed by atoms with Gasteiger partial charge in [0, 0.05) is 6.04 Å². The summed E-state index contributed by atoms with van der Waals surface area (Å²) in [5.41, 5.74) is 2.51. The molecule has 0 spiro atoms. The quantitative estimate of drug-likeness (QED) is 0.515. The van der Waals surface area contributed by atoms with Gasteiger partial charge in [0.2, 0.25) is 17.7 Å². The molecule has 1 saturated carbocycles. The fourth-order valence-electron chi connectivity index (χ4n) is 6.27. The van der Waals surface area contributed by atoms with Crippen molar-refractivity contribution in [3.05, 3.63) is 35.4 Å². The van der Waals surface area contributed by atoms with Crippen molar-refractivity contribution in [1.29, 1.82) is 0 Å². The third kappa shape index (κ3) is 5.88. The number of benzene rings is 1. The van der Waals surface area contributed by atoms with E-state index in [1.54, 1.807) is 14.0 Å². The summed E-state index contributed by atoms with van der Waals surface area (Å²) in [7, 11) is 1.73. The number of nitrogens with zero attached hydrogens (tertiary/aromatic N) is 1. The zero-order valence-corrected chi connectivity index (χ0v) is 22.9. The molecule has 1 aromatic rings. The van der Waals surface area contributed by atoms with Crippen molar-refractivity contribution >= 4 is 30.1 Å². The normalized spacial score (nSPS) is 26.8. The Morgan fingerprint density at radius 3 is 2.44 bits per heavy atom. The van der Waals surface area contributed by atoms with Gasteiger partial charge < -0.3 is 20.9 Å². The second kappa shape index (κ2) is 12.4. The Kier molecular flexibility index (Phi) is 9.81. The number of hydrogen-bond donors (Lipinski definition) is 3. The van der Waals surface area contributed by atoms with E-state index in [1.165, 1.54) is 11.1 Å². The van der Waals surface area contributed by atoms with Crippen molar-refractivity contribution in [2.75, 3.05) is 7.05 Å². The number of nitrogens with one attached hydrogen (secondary N) is 3. The Balaban J connectivity index is 0.00000361. The highest BCUT2D eigenvalue weighted by molar-refractivity contribution is 5.94. The molecule has 200 valence electrons. The van der Waals surface area contributed by atoms with Gasteiger partial charge in [-0.1, -0.05) is 51.0 Å². The first kappa shape index (κ1) is 28.5. The molecule has 0 radical (unpaired) electrons. The van der Waals surface area contributed by atoms with Crippen molar-refractivity contribution in [1.82, 2.24) is 20.9 Å². The van der Waals surface area contributed by atoms with Gasteiger partial charge in [0.1, 0.15) is 12.1 Å². The van der Waals surface area contributed by atoms with Crippen LogP contribution in [0.2, 0.25) is 0 Å². The Hall–Kier alpha value is -2.12. The number of hydrogen-bond acceptors (Lipinski definition) is 4. The van der Waals surface area contributed by atoms with Gasteiger partial charge >= 0.3 is 0 Å². The number of aryl methyl sites for hydroxylation is 1. The van der Waals surface area contributed by atoms with Crippen molar-refractivity contribution in [3.63, 3.8) is 0 Å². The minimum absolute atomic E-state index is 0. The standard InChI is InChI=1S/C28H42N4O3.ClH/c1-17(2)25(31-26(33)18(3)29-4)28(35)32-23-15-8-6-11-20(23)16-24(32)27(34)30-22-14-9-12-19-10-5-7-13-21(19)22;/h5,7,10,13,17-18,20,22-25,29H,6,8-9,11-12,14-16H2,1-4H3,(H,30,34)(H,31,33);1H/t18-,20?,22+,23?,24-,25-;/m0./s1. The number of halogens is 1. The molecule has 1 heterocycles. The van der Waals surface area contributed by atoms with E-state index in [0.29, 0.717) is 12.3 Å². The highest BCUT2D eigenvalue weighted by atomic mass is 35.5. The van der Waals surface area contributed by atoms with Gasteiger partial charge in [-0.25, -0.2) is 0 Å². The van der Waals surface area contributed by atoms with E-state index in [9.17, 15) is 14.4 Å². The Bertz CT molecular complexity index is 939. The van der Waals surface area contributed by atoms with Crippen molar-refractivity contribution < 1.29 is 14.4 Å². The monoisotopic (exact) mass is 518 g/mol. The average molecular weight is 519 g/mol. The van der Waals surface area contributed by atoms with Crippen molar-refractivity contribution in [2.45, 2.75) is 102 Å². The Labute approximate surface area is 221 Å². The fourth-order valence-corrected chi connectivity index (χ4v) is 6.27. The van der Waals surface area contributed by atoms with Crippen molar-refractivity contribution in [3.8, 4) is 0 Å². The second-order valence-electron chi connectivity index (χ2n) is 11.0. The maximum absolute atomic E-state index is 14.0. The van der Waals surface area contributed by atoms with Crippen LogP contribution in [0.4, 0.5) is 0 Å². The first-order valence-corrected chi connectivity index (χ1v) is 13.5. The molecule has 7 nitrogen and oxygen atoms in total. The van der Waals surface area contributed by atoms with E-state index in [2.05, 4.69) is 34.1 Å². The van der Waals surface area contributed by atoms with E-state index in [1.807, 2.05) is 24.8 Å². The molecule has 2 aliphatic carbocycles. The molecule has 4 rings (SSSR count). The number of likely N-dealkylation sites (N-methyl/N-ethyl adjacent to an activating group) is 1. The minimum Gasteiger partial charge on any atom is -0.347 e. The summed E-state index contributed by atoms with van der Waals surface area (Å²) in [4.78, 5) is 42.3. The van der Waals surface area contributed by atoms with Crippen LogP contribution in [-0.2, 0) is 20.8 Å². The molecule has 1 aliphatic heterocycles. The van der Waals surface area contributed by atoms with Crippen LogP contribution in [0.3, 0.4) is 0 Å². The molecule has 1 aromatic carbocycles. The molecule has 3 amide bonds. The second-order valence-corrected chi connectivity index (χ2v) is 11.0. The molecule has 0 bridgehead atoms. The third-order valence-corrected chi connectivity index (χ3v) is 8.39. The summed E-state index contributed by atoms with van der Waals surface area (Å²) in [6.07, 6.45) is 7.93. The molecular weight excluding hydrogens is 476 g/mol. The third-order valence-electron chi connectivity index (χ3n) is 8.39. The summed E-state index contributed by atoms with van der Waals surface area (Å²) < 4.78 is 0. The summed E-state index contributed by atoms with van der Waals surface area (Å²) in [6.45, 7) is 5.69. The van der Waals surface area contributed by atoms with Gasteiger partial charge in [-0.2, -0.15) is 0 Å². The van der Waals surface area contributed by atoms with Crippen LogP contribution in [0.5, 0.6) is 0 Å². The number of fused-ring (bicyclic) bond motifs is 2. The van der Waals surface area contributed by atoms with E-state index < -0.39 is 18.1 Å². The van der Waals surface area contributed by atoms with Gasteiger partial charge in [-0.3, -0.25) is 14.4 Å². The predicted molar refractivity (Wildman–Crippen MR) is 144 cm³/mol. The van der Waals surface area contributed by atoms with Crippen LogP contribution < -0.4 is 16.0 Å². The lowest BCUT2D eigenvalue weighted by molar-refractivity contribution is -0.145. The lowest BCUT2D eigenvalue weighted by atomic mass is 9.84. The van der Waals surface area contributed by atoms with Gasteiger partial charge in [-0.05, 0) is 75.5 Å². The minimum atomic E-state index is -0.648. The molecule has 36 heavy (non-hydrogen) atoms. The van der Waals surface area contributed by atoms with E-state index in [4.69, 9.17) is 0 Å². The summed E-state index contributed by atoms with van der Waals surface area (Å²) in [6, 6.07) is 6.89. The fraction of sp³-hybridized carbons (Fsp3) is 0.679. The van der Waals surface area contributed by atoms with Gasteiger partial charge in [-0.15, -0.1) is 12.4 Å². The smallest absolute Gasteiger partial charge is 0.246 e. The summed E-state index contributed by atoms with van der Waals surface area (Å²) >= 11 is 0. The highest BCUT2D eigenvalue weighted by Gasteiger charge is 2.49. The lowest BCUT2D eigenvalue weighted by Crippen LogP contribution is -2.59. The largest absolute Gasteiger partial charge is 0.347 e. The topological polar surface area (TPSA) is 90.5 Å². The van der Waals surface area contributed by atoms with E-state index in [0.717, 1.165) is 44.9 Å². The number of carbonyl (C=O) groups excluding carboxylic acids is 3. The number of rotatable bonds is 7. The molecule has 2 fully saturated rings. The van der Waals surface area contributed by atoms with Crippen LogP contribution in [0.15, 0.2) is 24.3 Å². The first-order valence-electron chi connectivity index (χ1n) is 13.5. The van der Waals surface area contributed by atoms with Gasteiger partial charge in [0.25, 0.3) is 0 Å². The van der Waals surface area contributed by atoms with Crippen LogP contribution in [0.25, 0.3) is 0 Å². The van der Waals surface area contributed by atoms with Crippen molar-refractivity contribution in [2.24, 2.45) is 11.8 Å². The Morgan fingerprint density at radius 1 is 1.00 bits per heavy atom. The zero-order chi connectivity index (χ0) is 25.1. The molecular formula is C28H43ClN4O3. The van der Waals surface area contributed by atoms with Gasteiger partial charge in [0.15, 0.2) is 0 Å². The maximum Gasteiger partial charge on any atom is 0.246 e. The SMILES string of the molecule is CN[C@@H](C)C(=O)N[C@H](C(=O)N1C2CCCCC2C[C@H]1C(=O)N[C@@H]1CCCc2ccccc21)C(C)C.Cl. The molecule has 8 heteroatoms. The zero-order valence-electron chi connectivity index (χ0n) is 22.1. The summed E-state index contributed by atoms with van der Waals surface area (Å²) in [5.74, 6) is -0.0881. The van der Waals surface area contributed by atoms with Gasteiger partial charge in [0.05, 0.1) is 12.1 Å². The van der Waals surface area contributed by atoms with Crippen LogP contribution in [0, 0.1) is 11.8 Å². The van der Waals surface area contributed by atoms with E-state index in [-0.39, 0.29) is 48.1 Å². The first-order chi connectivity index (χ1) is 16.8. The molecule has 1 saturated heterocycles. The van der Waals surface area contributed by atoms with Crippen LogP contribution in [0.1, 0.15) is 82.9 Å². The van der Waals surface area contributed by atoms with Crippen LogP contribution >= 0.6 is 12.4 Å². The van der Waals surface area contributed by atoms with Crippen LogP contribution in [-0.4, -0.2) is 53.8 Å². The lowest BCUT2D eigenvalue weighted by Gasteiger charge is -2.37. The molecule has 3 aliphatic rings. The number of carbonyl (C=O) groups is 3.